The van der Waals surface area contributed by atoms with Crippen molar-refractivity contribution in [1.29, 1.82) is 0 Å². The quantitative estimate of drug-likeness (QED) is 0.671. The van der Waals surface area contributed by atoms with Crippen LogP contribution >= 0.6 is 0 Å². The first-order chi connectivity index (χ1) is 13.3. The van der Waals surface area contributed by atoms with Crippen molar-refractivity contribution in [3.05, 3.63) is 83.4 Å². The number of nitrogens with zero attached hydrogens (tertiary/aromatic N) is 2. The Hall–Kier alpha value is -3.28. The molecule has 0 aliphatic carbocycles. The van der Waals surface area contributed by atoms with Crippen LogP contribution in [0.1, 0.15) is 42.4 Å². The maximum absolute atomic E-state index is 13.0. The second-order valence-corrected chi connectivity index (χ2v) is 7.53. The first kappa shape index (κ1) is 19.5. The van der Waals surface area contributed by atoms with Gasteiger partial charge < -0.3 is 10.6 Å². The molecule has 6 heteroatoms. The van der Waals surface area contributed by atoms with Crippen molar-refractivity contribution in [2.75, 3.05) is 10.6 Å². The Morgan fingerprint density at radius 1 is 1.00 bits per heavy atom. The molecule has 1 aromatic heterocycles. The van der Waals surface area contributed by atoms with Gasteiger partial charge in [-0.15, -0.1) is 0 Å². The van der Waals surface area contributed by atoms with E-state index in [1.54, 1.807) is 18.2 Å². The van der Waals surface area contributed by atoms with Gasteiger partial charge in [-0.2, -0.15) is 0 Å². The van der Waals surface area contributed by atoms with E-state index in [-0.39, 0.29) is 22.8 Å². The van der Waals surface area contributed by atoms with Crippen molar-refractivity contribution >= 4 is 17.5 Å². The minimum Gasteiger partial charge on any atom is -0.350 e. The van der Waals surface area contributed by atoms with Crippen LogP contribution in [0, 0.1) is 5.82 Å². The number of amides is 1. The molecule has 3 aromatic rings. The van der Waals surface area contributed by atoms with E-state index in [0.29, 0.717) is 18.2 Å². The largest absolute Gasteiger partial charge is 0.350 e. The second-order valence-electron chi connectivity index (χ2n) is 7.53. The molecule has 0 atom stereocenters. The highest BCUT2D eigenvalue weighted by Gasteiger charge is 2.14. The van der Waals surface area contributed by atoms with Crippen LogP contribution in [-0.2, 0) is 12.0 Å². The smallest absolute Gasteiger partial charge is 0.274 e. The molecule has 0 radical (unpaired) electrons. The second kappa shape index (κ2) is 8.17. The number of carbonyl (C=O) groups excluding carboxylic acids is 1. The van der Waals surface area contributed by atoms with Crippen LogP contribution in [0.25, 0.3) is 0 Å². The molecular weight excluding hydrogens is 355 g/mol. The van der Waals surface area contributed by atoms with Crippen LogP contribution in [0.5, 0.6) is 0 Å². The van der Waals surface area contributed by atoms with E-state index in [4.69, 9.17) is 0 Å². The van der Waals surface area contributed by atoms with Crippen molar-refractivity contribution < 1.29 is 9.18 Å². The topological polar surface area (TPSA) is 66.9 Å². The highest BCUT2D eigenvalue weighted by Crippen LogP contribution is 2.23. The molecule has 0 unspecified atom stereocenters. The summed E-state index contributed by atoms with van der Waals surface area (Å²) in [6.45, 7) is 6.85. The Bertz CT molecular complexity index is 948. The summed E-state index contributed by atoms with van der Waals surface area (Å²) in [6, 6.07) is 15.5. The van der Waals surface area contributed by atoms with Crippen molar-refractivity contribution in [1.82, 2.24) is 9.97 Å². The van der Waals surface area contributed by atoms with Crippen LogP contribution < -0.4 is 10.6 Å². The zero-order valence-corrected chi connectivity index (χ0v) is 16.2. The lowest BCUT2D eigenvalue weighted by Crippen LogP contribution is -2.16. The summed E-state index contributed by atoms with van der Waals surface area (Å²) < 4.78 is 13.0. The Morgan fingerprint density at radius 3 is 2.32 bits per heavy atom. The Morgan fingerprint density at radius 2 is 1.68 bits per heavy atom. The predicted octanol–water partition coefficient (Wildman–Crippen LogP) is 4.78. The van der Waals surface area contributed by atoms with E-state index >= 15 is 0 Å². The molecule has 0 aliphatic rings. The summed E-state index contributed by atoms with van der Waals surface area (Å²) in [5, 5.41) is 5.88. The Kier molecular flexibility index (Phi) is 5.68. The third-order valence-electron chi connectivity index (χ3n) is 4.26. The summed E-state index contributed by atoms with van der Waals surface area (Å²) in [6.07, 6.45) is 1.53. The highest BCUT2D eigenvalue weighted by atomic mass is 19.1. The van der Waals surface area contributed by atoms with E-state index in [1.165, 1.54) is 23.9 Å². The molecule has 0 spiro atoms. The van der Waals surface area contributed by atoms with Gasteiger partial charge in [-0.05, 0) is 46.9 Å². The predicted molar refractivity (Wildman–Crippen MR) is 109 cm³/mol. The standard InChI is InChI=1S/C22H23FN4O/c1-22(2,3)16-6-10-18(11-7-16)26-20(28)19-12-13-24-21(27-19)25-14-15-4-8-17(23)9-5-15/h4-13H,14H2,1-3H3,(H,26,28)(H,24,25,27). The van der Waals surface area contributed by atoms with Gasteiger partial charge in [0.25, 0.3) is 5.91 Å². The lowest BCUT2D eigenvalue weighted by atomic mass is 9.87. The molecule has 2 aromatic carbocycles. The molecule has 0 saturated carbocycles. The number of hydrogen-bond acceptors (Lipinski definition) is 4. The SMILES string of the molecule is CC(C)(C)c1ccc(NC(=O)c2ccnc(NCc3ccc(F)cc3)n2)cc1. The number of halogens is 1. The van der Waals surface area contributed by atoms with Crippen LogP contribution in [0.2, 0.25) is 0 Å². The van der Waals surface area contributed by atoms with Crippen molar-refractivity contribution in [2.24, 2.45) is 0 Å². The number of nitrogens with one attached hydrogen (secondary N) is 2. The molecule has 1 amide bonds. The van der Waals surface area contributed by atoms with Crippen molar-refractivity contribution in [3.63, 3.8) is 0 Å². The monoisotopic (exact) mass is 378 g/mol. The number of benzene rings is 2. The summed E-state index contributed by atoms with van der Waals surface area (Å²) in [4.78, 5) is 20.9. The first-order valence-electron chi connectivity index (χ1n) is 9.04. The van der Waals surface area contributed by atoms with Gasteiger partial charge in [0, 0.05) is 18.4 Å². The van der Waals surface area contributed by atoms with Gasteiger partial charge in [0.15, 0.2) is 0 Å². The third-order valence-corrected chi connectivity index (χ3v) is 4.26. The molecular formula is C22H23FN4O. The normalized spacial score (nSPS) is 11.1. The van der Waals surface area contributed by atoms with Crippen LogP contribution in [0.4, 0.5) is 16.0 Å². The van der Waals surface area contributed by atoms with E-state index in [0.717, 1.165) is 5.56 Å². The summed E-state index contributed by atoms with van der Waals surface area (Å²) >= 11 is 0. The van der Waals surface area contributed by atoms with Gasteiger partial charge in [-0.1, -0.05) is 45.0 Å². The maximum Gasteiger partial charge on any atom is 0.274 e. The van der Waals surface area contributed by atoms with Gasteiger partial charge in [-0.25, -0.2) is 14.4 Å². The summed E-state index contributed by atoms with van der Waals surface area (Å²) in [5.41, 5.74) is 3.10. The zero-order chi connectivity index (χ0) is 20.1. The fourth-order valence-electron chi connectivity index (χ4n) is 2.60. The Balaban J connectivity index is 1.64. The minimum atomic E-state index is -0.309. The number of carbonyl (C=O) groups is 1. The molecule has 2 N–H and O–H groups in total. The number of hydrogen-bond donors (Lipinski definition) is 2. The van der Waals surface area contributed by atoms with Crippen LogP contribution in [0.15, 0.2) is 60.8 Å². The van der Waals surface area contributed by atoms with E-state index in [1.807, 2.05) is 24.3 Å². The van der Waals surface area contributed by atoms with E-state index in [9.17, 15) is 9.18 Å². The average molecular weight is 378 g/mol. The molecule has 0 aliphatic heterocycles. The highest BCUT2D eigenvalue weighted by molar-refractivity contribution is 6.02. The Labute approximate surface area is 164 Å². The molecule has 3 rings (SSSR count). The number of anilines is 2. The zero-order valence-electron chi connectivity index (χ0n) is 16.2. The molecule has 0 saturated heterocycles. The van der Waals surface area contributed by atoms with E-state index in [2.05, 4.69) is 41.4 Å². The minimum absolute atomic E-state index is 0.0558. The van der Waals surface area contributed by atoms with Crippen molar-refractivity contribution in [3.8, 4) is 0 Å². The average Bonchev–Trinajstić information content (AvgIpc) is 2.67. The fraction of sp³-hybridized carbons (Fsp3) is 0.227. The fourth-order valence-corrected chi connectivity index (χ4v) is 2.60. The third kappa shape index (κ3) is 5.13. The van der Waals surface area contributed by atoms with E-state index < -0.39 is 0 Å². The van der Waals surface area contributed by atoms with Gasteiger partial charge in [0.05, 0.1) is 0 Å². The molecule has 5 nitrogen and oxygen atoms in total. The lowest BCUT2D eigenvalue weighted by molar-refractivity contribution is 0.102. The molecule has 1 heterocycles. The first-order valence-corrected chi connectivity index (χ1v) is 9.04. The summed E-state index contributed by atoms with van der Waals surface area (Å²) in [7, 11) is 0. The van der Waals surface area contributed by atoms with Gasteiger partial charge in [-0.3, -0.25) is 4.79 Å². The maximum atomic E-state index is 13.0. The van der Waals surface area contributed by atoms with Crippen LogP contribution in [0.3, 0.4) is 0 Å². The molecule has 0 bridgehead atoms. The van der Waals surface area contributed by atoms with Gasteiger partial charge >= 0.3 is 0 Å². The van der Waals surface area contributed by atoms with Gasteiger partial charge in [0.2, 0.25) is 5.95 Å². The number of aromatic nitrogens is 2. The molecule has 28 heavy (non-hydrogen) atoms. The summed E-state index contributed by atoms with van der Waals surface area (Å²) in [5.74, 6) is -0.259. The van der Waals surface area contributed by atoms with Gasteiger partial charge in [0.1, 0.15) is 11.5 Å². The molecule has 144 valence electrons. The molecule has 0 fully saturated rings. The van der Waals surface area contributed by atoms with Crippen LogP contribution in [-0.4, -0.2) is 15.9 Å². The number of rotatable bonds is 5. The lowest BCUT2D eigenvalue weighted by Gasteiger charge is -2.19. The van der Waals surface area contributed by atoms with Crippen molar-refractivity contribution in [2.45, 2.75) is 32.7 Å².